The lowest BCUT2D eigenvalue weighted by atomic mass is 10.0. The molecule has 0 fully saturated rings. The van der Waals surface area contributed by atoms with Gasteiger partial charge < -0.3 is 0 Å². The molecule has 0 amide bonds. The predicted molar refractivity (Wildman–Crippen MR) is 75.6 cm³/mol. The Morgan fingerprint density at radius 2 is 1.39 bits per heavy atom. The first-order valence-electron chi connectivity index (χ1n) is 6.52. The monoisotopic (exact) mass is 240 g/mol. The second-order valence-corrected chi connectivity index (χ2v) is 5.27. The molecule has 1 aromatic carbocycles. The van der Waals surface area contributed by atoms with Crippen LogP contribution in [0.1, 0.15) is 50.8 Å². The lowest BCUT2D eigenvalue weighted by Gasteiger charge is -2.07. The maximum Gasteiger partial charge on any atom is 0.0929 e. The summed E-state index contributed by atoms with van der Waals surface area (Å²) in [5.74, 6) is 0.989. The highest BCUT2D eigenvalue weighted by molar-refractivity contribution is 5.58. The Labute approximate surface area is 109 Å². The van der Waals surface area contributed by atoms with Crippen molar-refractivity contribution in [3.63, 3.8) is 0 Å². The minimum Gasteiger partial charge on any atom is -0.155 e. The zero-order valence-corrected chi connectivity index (χ0v) is 11.5. The van der Waals surface area contributed by atoms with Crippen LogP contribution in [0.4, 0.5) is 0 Å². The van der Waals surface area contributed by atoms with E-state index in [1.807, 2.05) is 6.07 Å². The van der Waals surface area contributed by atoms with Crippen LogP contribution in [0.3, 0.4) is 0 Å². The summed E-state index contributed by atoms with van der Waals surface area (Å²) in [6, 6.07) is 12.7. The van der Waals surface area contributed by atoms with Gasteiger partial charge in [-0.1, -0.05) is 52.0 Å². The fourth-order valence-electron chi connectivity index (χ4n) is 1.84. The summed E-state index contributed by atoms with van der Waals surface area (Å²) in [6.07, 6.45) is 0. The molecule has 2 heteroatoms. The summed E-state index contributed by atoms with van der Waals surface area (Å²) in [5.41, 5.74) is 4.46. The Bertz CT molecular complexity index is 446. The molecule has 0 saturated heterocycles. The van der Waals surface area contributed by atoms with Crippen LogP contribution in [0.5, 0.6) is 0 Å². The maximum absolute atomic E-state index is 4.29. The van der Waals surface area contributed by atoms with Crippen LogP contribution in [0, 0.1) is 0 Å². The van der Waals surface area contributed by atoms with Gasteiger partial charge in [0.1, 0.15) is 0 Å². The van der Waals surface area contributed by atoms with Gasteiger partial charge in [-0.2, -0.15) is 10.2 Å². The van der Waals surface area contributed by atoms with Crippen LogP contribution in [-0.4, -0.2) is 10.2 Å². The van der Waals surface area contributed by atoms with Gasteiger partial charge in [-0.3, -0.25) is 0 Å². The van der Waals surface area contributed by atoms with Gasteiger partial charge in [-0.15, -0.1) is 0 Å². The third-order valence-corrected chi connectivity index (χ3v) is 3.15. The van der Waals surface area contributed by atoms with E-state index < -0.39 is 0 Å². The topological polar surface area (TPSA) is 25.8 Å². The van der Waals surface area contributed by atoms with Gasteiger partial charge in [-0.05, 0) is 29.5 Å². The summed E-state index contributed by atoms with van der Waals surface area (Å²) in [4.78, 5) is 0. The minimum absolute atomic E-state index is 0.426. The average Bonchev–Trinajstić information content (AvgIpc) is 2.39. The first-order valence-corrected chi connectivity index (χ1v) is 6.52. The van der Waals surface area contributed by atoms with Crippen LogP contribution in [0.25, 0.3) is 11.3 Å². The highest BCUT2D eigenvalue weighted by atomic mass is 15.1. The molecule has 1 heterocycles. The number of aromatic nitrogens is 2. The van der Waals surface area contributed by atoms with Crippen molar-refractivity contribution in [1.82, 2.24) is 10.2 Å². The summed E-state index contributed by atoms with van der Waals surface area (Å²) >= 11 is 0. The van der Waals surface area contributed by atoms with E-state index >= 15 is 0 Å². The first-order chi connectivity index (χ1) is 8.58. The van der Waals surface area contributed by atoms with Crippen molar-refractivity contribution in [2.45, 2.75) is 39.5 Å². The standard InChI is InChI=1S/C16H20N2/c1-11(2)13-5-7-14(8-6-13)16-10-9-15(12(3)4)17-18-16/h5-12H,1-4H3. The van der Waals surface area contributed by atoms with E-state index in [1.54, 1.807) is 0 Å². The molecule has 1 aromatic heterocycles. The van der Waals surface area contributed by atoms with E-state index in [9.17, 15) is 0 Å². The van der Waals surface area contributed by atoms with Crippen molar-refractivity contribution in [1.29, 1.82) is 0 Å². The Morgan fingerprint density at radius 1 is 0.722 bits per heavy atom. The lowest BCUT2D eigenvalue weighted by molar-refractivity contribution is 0.787. The fourth-order valence-corrected chi connectivity index (χ4v) is 1.84. The normalized spacial score (nSPS) is 11.2. The molecule has 2 nitrogen and oxygen atoms in total. The molecule has 0 spiro atoms. The molecule has 0 bridgehead atoms. The van der Waals surface area contributed by atoms with Crippen molar-refractivity contribution >= 4 is 0 Å². The summed E-state index contributed by atoms with van der Waals surface area (Å²) in [5, 5.41) is 8.56. The number of hydrogen-bond acceptors (Lipinski definition) is 2. The molecule has 0 aliphatic heterocycles. The van der Waals surface area contributed by atoms with E-state index in [4.69, 9.17) is 0 Å². The Hall–Kier alpha value is -1.70. The third-order valence-electron chi connectivity index (χ3n) is 3.15. The van der Waals surface area contributed by atoms with Crippen LogP contribution in [0.15, 0.2) is 36.4 Å². The molecule has 18 heavy (non-hydrogen) atoms. The highest BCUT2D eigenvalue weighted by Crippen LogP contribution is 2.21. The Kier molecular flexibility index (Phi) is 3.75. The molecule has 0 aliphatic carbocycles. The van der Waals surface area contributed by atoms with Gasteiger partial charge in [0.25, 0.3) is 0 Å². The lowest BCUT2D eigenvalue weighted by Crippen LogP contribution is -1.96. The third kappa shape index (κ3) is 2.76. The minimum atomic E-state index is 0.426. The van der Waals surface area contributed by atoms with Gasteiger partial charge in [0.2, 0.25) is 0 Å². The number of nitrogens with zero attached hydrogens (tertiary/aromatic N) is 2. The molecule has 0 atom stereocenters. The van der Waals surface area contributed by atoms with Gasteiger partial charge in [-0.25, -0.2) is 0 Å². The molecule has 0 N–H and O–H groups in total. The summed E-state index contributed by atoms with van der Waals surface area (Å²) in [7, 11) is 0. The van der Waals surface area contributed by atoms with E-state index in [-0.39, 0.29) is 0 Å². The largest absolute Gasteiger partial charge is 0.155 e. The second-order valence-electron chi connectivity index (χ2n) is 5.27. The van der Waals surface area contributed by atoms with Gasteiger partial charge in [0, 0.05) is 5.56 Å². The smallest absolute Gasteiger partial charge is 0.0929 e. The molecule has 2 aromatic rings. The number of rotatable bonds is 3. The molecular formula is C16H20N2. The van der Waals surface area contributed by atoms with E-state index in [0.29, 0.717) is 11.8 Å². The van der Waals surface area contributed by atoms with Crippen molar-refractivity contribution in [3.05, 3.63) is 47.7 Å². The molecule has 0 unspecified atom stereocenters. The van der Waals surface area contributed by atoms with Crippen LogP contribution in [0.2, 0.25) is 0 Å². The first kappa shape index (κ1) is 12.7. The van der Waals surface area contributed by atoms with Crippen LogP contribution < -0.4 is 0 Å². The molecule has 0 radical (unpaired) electrons. The van der Waals surface area contributed by atoms with Gasteiger partial charge in [0.15, 0.2) is 0 Å². The van der Waals surface area contributed by atoms with E-state index in [1.165, 1.54) is 5.56 Å². The van der Waals surface area contributed by atoms with Crippen LogP contribution in [-0.2, 0) is 0 Å². The van der Waals surface area contributed by atoms with Gasteiger partial charge in [0.05, 0.1) is 11.4 Å². The second kappa shape index (κ2) is 5.30. The molecule has 0 saturated carbocycles. The maximum atomic E-state index is 4.29. The summed E-state index contributed by atoms with van der Waals surface area (Å²) in [6.45, 7) is 8.65. The quantitative estimate of drug-likeness (QED) is 0.795. The van der Waals surface area contributed by atoms with E-state index in [2.05, 4.69) is 68.2 Å². The SMILES string of the molecule is CC(C)c1ccc(-c2ccc(C(C)C)nn2)cc1. The van der Waals surface area contributed by atoms with E-state index in [0.717, 1.165) is 17.0 Å². The zero-order chi connectivity index (χ0) is 13.1. The zero-order valence-electron chi connectivity index (χ0n) is 11.5. The van der Waals surface area contributed by atoms with Gasteiger partial charge >= 0.3 is 0 Å². The molecule has 2 rings (SSSR count). The fraction of sp³-hybridized carbons (Fsp3) is 0.375. The van der Waals surface area contributed by atoms with Crippen LogP contribution >= 0.6 is 0 Å². The van der Waals surface area contributed by atoms with Crippen molar-refractivity contribution < 1.29 is 0 Å². The van der Waals surface area contributed by atoms with Crippen molar-refractivity contribution in [3.8, 4) is 11.3 Å². The predicted octanol–water partition coefficient (Wildman–Crippen LogP) is 4.39. The summed E-state index contributed by atoms with van der Waals surface area (Å²) < 4.78 is 0. The average molecular weight is 240 g/mol. The van der Waals surface area contributed by atoms with Crippen molar-refractivity contribution in [2.75, 3.05) is 0 Å². The van der Waals surface area contributed by atoms with Crippen molar-refractivity contribution in [2.24, 2.45) is 0 Å². The number of benzene rings is 1. The molecule has 0 aliphatic rings. The Balaban J connectivity index is 2.25. The highest BCUT2D eigenvalue weighted by Gasteiger charge is 2.05. The molecular weight excluding hydrogens is 220 g/mol. The number of hydrogen-bond donors (Lipinski definition) is 0. The Morgan fingerprint density at radius 3 is 1.83 bits per heavy atom. The molecule has 94 valence electrons.